The van der Waals surface area contributed by atoms with Crippen molar-refractivity contribution < 1.29 is 13.2 Å². The largest absolute Gasteiger partial charge is 0.354 e. The van der Waals surface area contributed by atoms with Gasteiger partial charge in [-0.1, -0.05) is 30.3 Å². The number of amides is 1. The van der Waals surface area contributed by atoms with Crippen LogP contribution in [0, 0.1) is 13.8 Å². The summed E-state index contributed by atoms with van der Waals surface area (Å²) >= 11 is 0. The number of nitrogens with one attached hydrogen (secondary N) is 2. The first-order chi connectivity index (χ1) is 12.7. The SMILES string of the molecule is Cc1cccc(C(Cc2cccc(NS(C)(=O)=O)c2)C(=O)NCCN)c1C. The third-order valence-electron chi connectivity index (χ3n) is 4.45. The molecule has 2 aromatic rings. The summed E-state index contributed by atoms with van der Waals surface area (Å²) in [5, 5.41) is 2.88. The van der Waals surface area contributed by atoms with Crippen LogP contribution < -0.4 is 15.8 Å². The highest BCUT2D eigenvalue weighted by atomic mass is 32.2. The second-order valence-electron chi connectivity index (χ2n) is 6.70. The molecule has 27 heavy (non-hydrogen) atoms. The number of rotatable bonds is 8. The molecule has 7 heteroatoms. The van der Waals surface area contributed by atoms with Crippen molar-refractivity contribution in [1.82, 2.24) is 5.32 Å². The van der Waals surface area contributed by atoms with Gasteiger partial charge in [0.2, 0.25) is 15.9 Å². The Kier molecular flexibility index (Phi) is 6.98. The molecule has 0 radical (unpaired) electrons. The van der Waals surface area contributed by atoms with Crippen molar-refractivity contribution in [2.75, 3.05) is 24.1 Å². The quantitative estimate of drug-likeness (QED) is 0.643. The van der Waals surface area contributed by atoms with Crippen molar-refractivity contribution in [2.45, 2.75) is 26.2 Å². The molecule has 1 amide bonds. The molecule has 0 bridgehead atoms. The lowest BCUT2D eigenvalue weighted by Crippen LogP contribution is -2.34. The minimum absolute atomic E-state index is 0.0874. The molecule has 6 nitrogen and oxygen atoms in total. The normalized spacial score (nSPS) is 12.4. The van der Waals surface area contributed by atoms with Crippen LogP contribution in [0.4, 0.5) is 5.69 Å². The fraction of sp³-hybridized carbons (Fsp3) is 0.350. The highest BCUT2D eigenvalue weighted by Crippen LogP contribution is 2.27. The molecule has 0 fully saturated rings. The monoisotopic (exact) mass is 389 g/mol. The molecule has 146 valence electrons. The molecule has 2 aromatic carbocycles. The van der Waals surface area contributed by atoms with Gasteiger partial charge in [0.1, 0.15) is 0 Å². The van der Waals surface area contributed by atoms with E-state index in [-0.39, 0.29) is 11.8 Å². The van der Waals surface area contributed by atoms with E-state index in [1.54, 1.807) is 18.2 Å². The molecule has 0 aliphatic carbocycles. The summed E-state index contributed by atoms with van der Waals surface area (Å²) in [7, 11) is -3.36. The Balaban J connectivity index is 2.36. The van der Waals surface area contributed by atoms with Crippen LogP contribution in [0.5, 0.6) is 0 Å². The number of nitrogens with two attached hydrogens (primary N) is 1. The van der Waals surface area contributed by atoms with Gasteiger partial charge >= 0.3 is 0 Å². The zero-order chi connectivity index (χ0) is 20.0. The Bertz CT molecular complexity index is 910. The van der Waals surface area contributed by atoms with Crippen LogP contribution in [0.3, 0.4) is 0 Å². The molecule has 0 aliphatic rings. The lowest BCUT2D eigenvalue weighted by atomic mass is 9.87. The zero-order valence-electron chi connectivity index (χ0n) is 16.0. The van der Waals surface area contributed by atoms with Gasteiger partial charge in [0, 0.05) is 18.8 Å². The van der Waals surface area contributed by atoms with Crippen LogP contribution in [0.25, 0.3) is 0 Å². The van der Waals surface area contributed by atoms with Gasteiger partial charge in [0.05, 0.1) is 12.2 Å². The topological polar surface area (TPSA) is 101 Å². The Morgan fingerprint density at radius 2 is 1.85 bits per heavy atom. The van der Waals surface area contributed by atoms with Crippen LogP contribution in [0.15, 0.2) is 42.5 Å². The average Bonchev–Trinajstić information content (AvgIpc) is 2.59. The van der Waals surface area contributed by atoms with E-state index in [0.29, 0.717) is 25.2 Å². The molecular formula is C20H27N3O3S. The molecule has 0 saturated heterocycles. The van der Waals surface area contributed by atoms with E-state index >= 15 is 0 Å². The first-order valence-corrected chi connectivity index (χ1v) is 10.7. The Morgan fingerprint density at radius 1 is 1.15 bits per heavy atom. The van der Waals surface area contributed by atoms with Crippen molar-refractivity contribution in [2.24, 2.45) is 5.73 Å². The number of aryl methyl sites for hydroxylation is 1. The van der Waals surface area contributed by atoms with Crippen LogP contribution in [0.1, 0.15) is 28.2 Å². The maximum Gasteiger partial charge on any atom is 0.229 e. The van der Waals surface area contributed by atoms with E-state index in [4.69, 9.17) is 5.73 Å². The summed E-state index contributed by atoms with van der Waals surface area (Å²) < 4.78 is 25.4. The van der Waals surface area contributed by atoms with Crippen LogP contribution in [0.2, 0.25) is 0 Å². The van der Waals surface area contributed by atoms with Crippen molar-refractivity contribution in [3.8, 4) is 0 Å². The Morgan fingerprint density at radius 3 is 2.52 bits per heavy atom. The van der Waals surface area contributed by atoms with Gasteiger partial charge in [-0.25, -0.2) is 8.42 Å². The van der Waals surface area contributed by atoms with Gasteiger partial charge in [0.25, 0.3) is 0 Å². The molecule has 0 aliphatic heterocycles. The van der Waals surface area contributed by atoms with E-state index < -0.39 is 10.0 Å². The van der Waals surface area contributed by atoms with Gasteiger partial charge < -0.3 is 11.1 Å². The van der Waals surface area contributed by atoms with Crippen LogP contribution in [-0.4, -0.2) is 33.7 Å². The van der Waals surface area contributed by atoms with Crippen LogP contribution >= 0.6 is 0 Å². The lowest BCUT2D eigenvalue weighted by Gasteiger charge is -2.20. The minimum atomic E-state index is -3.36. The van der Waals surface area contributed by atoms with Crippen molar-refractivity contribution in [3.05, 3.63) is 64.7 Å². The number of hydrogen-bond acceptors (Lipinski definition) is 4. The van der Waals surface area contributed by atoms with E-state index in [1.807, 2.05) is 38.1 Å². The number of hydrogen-bond donors (Lipinski definition) is 3. The fourth-order valence-electron chi connectivity index (χ4n) is 3.03. The van der Waals surface area contributed by atoms with Gasteiger partial charge in [0.15, 0.2) is 0 Å². The van der Waals surface area contributed by atoms with Crippen molar-refractivity contribution >= 4 is 21.6 Å². The molecule has 1 atom stereocenters. The molecule has 2 rings (SSSR count). The first kappa shape index (κ1) is 20.9. The first-order valence-electron chi connectivity index (χ1n) is 8.82. The number of anilines is 1. The van der Waals surface area contributed by atoms with E-state index in [0.717, 1.165) is 28.5 Å². The van der Waals surface area contributed by atoms with E-state index in [2.05, 4.69) is 10.0 Å². The lowest BCUT2D eigenvalue weighted by molar-refractivity contribution is -0.122. The predicted molar refractivity (Wildman–Crippen MR) is 109 cm³/mol. The minimum Gasteiger partial charge on any atom is -0.354 e. The number of carbonyl (C=O) groups is 1. The summed E-state index contributed by atoms with van der Waals surface area (Å²) in [5.74, 6) is -0.472. The molecular weight excluding hydrogens is 362 g/mol. The summed E-state index contributed by atoms with van der Waals surface area (Å²) in [5.41, 5.74) is 10.0. The van der Waals surface area contributed by atoms with Crippen molar-refractivity contribution in [3.63, 3.8) is 0 Å². The maximum atomic E-state index is 12.8. The average molecular weight is 390 g/mol. The van der Waals surface area contributed by atoms with Crippen molar-refractivity contribution in [1.29, 1.82) is 0 Å². The van der Waals surface area contributed by atoms with Gasteiger partial charge in [-0.15, -0.1) is 0 Å². The smallest absolute Gasteiger partial charge is 0.229 e. The molecule has 0 spiro atoms. The maximum absolute atomic E-state index is 12.8. The Labute approximate surface area is 161 Å². The number of sulfonamides is 1. The molecule has 0 saturated carbocycles. The summed E-state index contributed by atoms with van der Waals surface area (Å²) in [6.45, 7) is 4.81. The van der Waals surface area contributed by atoms with Gasteiger partial charge in [-0.05, 0) is 54.7 Å². The Hall–Kier alpha value is -2.38. The molecule has 0 aromatic heterocycles. The zero-order valence-corrected chi connectivity index (χ0v) is 16.8. The third kappa shape index (κ3) is 6.08. The highest BCUT2D eigenvalue weighted by molar-refractivity contribution is 7.92. The highest BCUT2D eigenvalue weighted by Gasteiger charge is 2.23. The summed E-state index contributed by atoms with van der Waals surface area (Å²) in [6.07, 6.45) is 1.57. The molecule has 0 heterocycles. The second kappa shape index (κ2) is 9.01. The van der Waals surface area contributed by atoms with Gasteiger partial charge in [-0.3, -0.25) is 9.52 Å². The van der Waals surface area contributed by atoms with Crippen LogP contribution in [-0.2, 0) is 21.2 Å². The third-order valence-corrected chi connectivity index (χ3v) is 5.06. The van der Waals surface area contributed by atoms with E-state index in [1.165, 1.54) is 0 Å². The standard InChI is InChI=1S/C20H27N3O3S/c1-14-6-4-9-18(15(14)2)19(20(24)22-11-10-21)13-16-7-5-8-17(12-16)23-27(3,25)26/h4-9,12,19,23H,10-11,13,21H2,1-3H3,(H,22,24). The number of benzene rings is 2. The molecule has 1 unspecified atom stereocenters. The molecule has 4 N–H and O–H groups in total. The fourth-order valence-corrected chi connectivity index (χ4v) is 3.58. The predicted octanol–water partition coefficient (Wildman–Crippen LogP) is 2.08. The summed E-state index contributed by atoms with van der Waals surface area (Å²) in [4.78, 5) is 12.8. The second-order valence-corrected chi connectivity index (χ2v) is 8.45. The van der Waals surface area contributed by atoms with Gasteiger partial charge in [-0.2, -0.15) is 0 Å². The van der Waals surface area contributed by atoms with E-state index in [9.17, 15) is 13.2 Å². The number of carbonyl (C=O) groups excluding carboxylic acids is 1. The summed E-state index contributed by atoms with van der Waals surface area (Å²) in [6, 6.07) is 13.0.